The van der Waals surface area contributed by atoms with E-state index >= 15 is 0 Å². The maximum Gasteiger partial charge on any atom is 0.326 e. The van der Waals surface area contributed by atoms with Gasteiger partial charge in [0.1, 0.15) is 23.9 Å². The van der Waals surface area contributed by atoms with Crippen molar-refractivity contribution in [2.45, 2.75) is 69.1 Å². The number of aromatic hydroxyl groups is 1. The molecule has 0 radical (unpaired) electrons. The van der Waals surface area contributed by atoms with Crippen LogP contribution in [0.3, 0.4) is 0 Å². The molecular formula is C25H40N8O8. The van der Waals surface area contributed by atoms with Gasteiger partial charge in [-0.3, -0.25) is 24.2 Å². The number of carbonyl (C=O) groups is 5. The first kappa shape index (κ1) is 34.6. The Labute approximate surface area is 236 Å². The van der Waals surface area contributed by atoms with Gasteiger partial charge >= 0.3 is 11.9 Å². The zero-order chi connectivity index (χ0) is 30.9. The number of nitrogens with two attached hydrogens (primary N) is 4. The first-order chi connectivity index (χ1) is 19.3. The smallest absolute Gasteiger partial charge is 0.326 e. The van der Waals surface area contributed by atoms with Gasteiger partial charge in [0.25, 0.3) is 0 Å². The normalized spacial score (nSPS) is 13.6. The van der Waals surface area contributed by atoms with Crippen LogP contribution < -0.4 is 38.9 Å². The number of hydrogen-bond acceptors (Lipinski definition) is 9. The quantitative estimate of drug-likeness (QED) is 0.0460. The average Bonchev–Trinajstić information content (AvgIpc) is 2.89. The van der Waals surface area contributed by atoms with E-state index in [1.165, 1.54) is 24.3 Å². The number of aliphatic carboxylic acids is 2. The van der Waals surface area contributed by atoms with Crippen LogP contribution in [0.4, 0.5) is 0 Å². The predicted octanol–water partition coefficient (Wildman–Crippen LogP) is -2.54. The third-order valence-electron chi connectivity index (χ3n) is 5.88. The standard InChI is InChI=1S/C25H40N8O8/c26-10-2-1-4-17(31-21(37)16(27)13-20(35)36)22(38)32-18(5-3-11-30-25(28)29)23(39)33-19(24(40)41)12-14-6-8-15(34)9-7-14/h6-9,16-19,34H,1-5,10-13,26-27H2,(H,31,37)(H,32,38)(H,33,39)(H,35,36)(H,40,41)(H4,28,29,30). The van der Waals surface area contributed by atoms with Crippen LogP contribution in [-0.4, -0.2) is 88.2 Å². The highest BCUT2D eigenvalue weighted by atomic mass is 16.4. The second kappa shape index (κ2) is 18.0. The molecule has 4 atom stereocenters. The Bertz CT molecular complexity index is 1060. The Hall–Kier alpha value is -4.44. The summed E-state index contributed by atoms with van der Waals surface area (Å²) in [5, 5.41) is 35.4. The molecule has 0 bridgehead atoms. The maximum atomic E-state index is 13.2. The lowest BCUT2D eigenvalue weighted by atomic mass is 10.0. The molecule has 0 saturated carbocycles. The molecule has 0 aliphatic heterocycles. The Balaban J connectivity index is 3.10. The molecule has 0 saturated heterocycles. The Morgan fingerprint density at radius 2 is 1.34 bits per heavy atom. The molecule has 0 fully saturated rings. The van der Waals surface area contributed by atoms with Crippen molar-refractivity contribution < 1.29 is 39.3 Å². The van der Waals surface area contributed by atoms with Crippen LogP contribution in [0.25, 0.3) is 0 Å². The van der Waals surface area contributed by atoms with Crippen molar-refractivity contribution in [2.75, 3.05) is 13.1 Å². The molecule has 4 unspecified atom stereocenters. The van der Waals surface area contributed by atoms with Gasteiger partial charge in [0.15, 0.2) is 5.96 Å². The van der Waals surface area contributed by atoms with E-state index in [4.69, 9.17) is 28.0 Å². The summed E-state index contributed by atoms with van der Waals surface area (Å²) in [5.41, 5.74) is 22.3. The van der Waals surface area contributed by atoms with Crippen LogP contribution in [0.15, 0.2) is 29.3 Å². The molecule has 3 amide bonds. The molecule has 1 aromatic carbocycles. The van der Waals surface area contributed by atoms with Crippen LogP contribution in [0.5, 0.6) is 5.75 Å². The first-order valence-corrected chi connectivity index (χ1v) is 13.0. The van der Waals surface area contributed by atoms with Gasteiger partial charge in [-0.25, -0.2) is 4.79 Å². The monoisotopic (exact) mass is 580 g/mol. The molecule has 0 aliphatic rings. The number of rotatable bonds is 19. The number of aliphatic imine (C=N–C) groups is 1. The van der Waals surface area contributed by atoms with Crippen LogP contribution in [0.1, 0.15) is 44.1 Å². The number of benzene rings is 1. The largest absolute Gasteiger partial charge is 0.508 e. The van der Waals surface area contributed by atoms with Gasteiger partial charge in [0.2, 0.25) is 17.7 Å². The van der Waals surface area contributed by atoms with Gasteiger partial charge in [-0.1, -0.05) is 12.1 Å². The lowest BCUT2D eigenvalue weighted by Crippen LogP contribution is -2.57. The van der Waals surface area contributed by atoms with E-state index in [9.17, 15) is 34.2 Å². The number of nitrogens with one attached hydrogen (secondary N) is 3. The van der Waals surface area contributed by atoms with E-state index < -0.39 is 60.2 Å². The average molecular weight is 581 g/mol. The highest BCUT2D eigenvalue weighted by Crippen LogP contribution is 2.12. The van der Waals surface area contributed by atoms with E-state index in [0.29, 0.717) is 24.9 Å². The fraction of sp³-hybridized carbons (Fsp3) is 0.520. The SMILES string of the molecule is NCCCCC(NC(=O)C(N)CC(=O)O)C(=O)NC(CCCN=C(N)N)C(=O)NC(Cc1ccc(O)cc1)C(=O)O. The Morgan fingerprint density at radius 3 is 1.85 bits per heavy atom. The van der Waals surface area contributed by atoms with Gasteiger partial charge in [-0.15, -0.1) is 0 Å². The summed E-state index contributed by atoms with van der Waals surface area (Å²) >= 11 is 0. The minimum absolute atomic E-state index is 0.00904. The van der Waals surface area contributed by atoms with Crippen molar-refractivity contribution in [3.05, 3.63) is 29.8 Å². The van der Waals surface area contributed by atoms with Crippen molar-refractivity contribution in [3.8, 4) is 5.75 Å². The van der Waals surface area contributed by atoms with Gasteiger partial charge in [0.05, 0.1) is 12.5 Å². The summed E-state index contributed by atoms with van der Waals surface area (Å²) in [6, 6.07) is 0.596. The third kappa shape index (κ3) is 14.0. The molecular weight excluding hydrogens is 540 g/mol. The van der Waals surface area contributed by atoms with Crippen LogP contribution >= 0.6 is 0 Å². The number of phenolic OH excluding ortho intramolecular Hbond substituents is 1. The number of hydrogen-bond donors (Lipinski definition) is 10. The minimum Gasteiger partial charge on any atom is -0.508 e. The van der Waals surface area contributed by atoms with Crippen LogP contribution in [0.2, 0.25) is 0 Å². The Morgan fingerprint density at radius 1 is 0.805 bits per heavy atom. The summed E-state index contributed by atoms with van der Waals surface area (Å²) in [4.78, 5) is 65.5. The third-order valence-corrected chi connectivity index (χ3v) is 5.88. The van der Waals surface area contributed by atoms with Crippen molar-refractivity contribution >= 4 is 35.6 Å². The zero-order valence-corrected chi connectivity index (χ0v) is 22.6. The van der Waals surface area contributed by atoms with Crippen LogP contribution in [0, 0.1) is 0 Å². The highest BCUT2D eigenvalue weighted by Gasteiger charge is 2.30. The fourth-order valence-corrected chi connectivity index (χ4v) is 3.71. The summed E-state index contributed by atoms with van der Waals surface area (Å²) in [6.45, 7) is 0.451. The maximum absolute atomic E-state index is 13.2. The summed E-state index contributed by atoms with van der Waals surface area (Å²) < 4.78 is 0. The molecule has 1 aromatic rings. The van der Waals surface area contributed by atoms with E-state index in [0.717, 1.165) is 0 Å². The topological polar surface area (TPSA) is 299 Å². The number of carboxylic acids is 2. The van der Waals surface area contributed by atoms with Crippen molar-refractivity contribution in [1.29, 1.82) is 0 Å². The zero-order valence-electron chi connectivity index (χ0n) is 22.6. The molecule has 41 heavy (non-hydrogen) atoms. The van der Waals surface area contributed by atoms with Gasteiger partial charge in [0, 0.05) is 13.0 Å². The lowest BCUT2D eigenvalue weighted by molar-refractivity contribution is -0.142. The van der Waals surface area contributed by atoms with E-state index in [1.54, 1.807) is 0 Å². The number of guanidine groups is 1. The van der Waals surface area contributed by atoms with Gasteiger partial charge in [-0.2, -0.15) is 0 Å². The summed E-state index contributed by atoms with van der Waals surface area (Å²) in [6.07, 6.45) is 0.571. The molecule has 228 valence electrons. The van der Waals surface area contributed by atoms with Gasteiger partial charge in [-0.05, 0) is 56.3 Å². The molecule has 0 spiro atoms. The fourth-order valence-electron chi connectivity index (χ4n) is 3.71. The molecule has 0 aliphatic carbocycles. The number of nitrogens with zero attached hydrogens (tertiary/aromatic N) is 1. The van der Waals surface area contributed by atoms with Gasteiger partial charge < -0.3 is 54.2 Å². The molecule has 16 heteroatoms. The second-order valence-corrected chi connectivity index (χ2v) is 9.33. The summed E-state index contributed by atoms with van der Waals surface area (Å²) in [7, 11) is 0. The highest BCUT2D eigenvalue weighted by molar-refractivity contribution is 5.94. The number of amides is 3. The number of unbranched alkanes of at least 4 members (excludes halogenated alkanes) is 1. The van der Waals surface area contributed by atoms with E-state index in [1.807, 2.05) is 0 Å². The first-order valence-electron chi connectivity index (χ1n) is 13.0. The minimum atomic E-state index is -1.41. The molecule has 0 aromatic heterocycles. The predicted molar refractivity (Wildman–Crippen MR) is 148 cm³/mol. The van der Waals surface area contributed by atoms with E-state index in [-0.39, 0.29) is 43.9 Å². The molecule has 1 rings (SSSR count). The Kier molecular flexibility index (Phi) is 15.2. The number of carbonyl (C=O) groups excluding carboxylic acids is 3. The number of carboxylic acid groups (broad SMARTS) is 2. The molecule has 16 nitrogen and oxygen atoms in total. The second-order valence-electron chi connectivity index (χ2n) is 9.33. The van der Waals surface area contributed by atoms with Crippen LogP contribution in [-0.2, 0) is 30.4 Å². The lowest BCUT2D eigenvalue weighted by Gasteiger charge is -2.25. The van der Waals surface area contributed by atoms with Crippen molar-refractivity contribution in [1.82, 2.24) is 16.0 Å². The molecule has 0 heterocycles. The summed E-state index contributed by atoms with van der Waals surface area (Å²) in [5.74, 6) is -5.23. The molecule has 14 N–H and O–H groups in total. The van der Waals surface area contributed by atoms with Crippen molar-refractivity contribution in [3.63, 3.8) is 0 Å². The van der Waals surface area contributed by atoms with E-state index in [2.05, 4.69) is 20.9 Å². The number of phenols is 1. The van der Waals surface area contributed by atoms with Crippen molar-refractivity contribution in [2.24, 2.45) is 27.9 Å².